The molecule has 86 valence electrons. The van der Waals surface area contributed by atoms with Crippen LogP contribution in [0.2, 0.25) is 0 Å². The molecule has 1 aromatic rings. The summed E-state index contributed by atoms with van der Waals surface area (Å²) >= 11 is 0. The van der Waals surface area contributed by atoms with Crippen LogP contribution < -0.4 is 5.32 Å². The SMILES string of the molecule is CCc1n[nH]c(CC)c1CNCC(C)C. The molecule has 0 saturated heterocycles. The van der Waals surface area contributed by atoms with Crippen LogP contribution in [0, 0.1) is 5.92 Å². The third kappa shape index (κ3) is 3.34. The number of aromatic amines is 1. The van der Waals surface area contributed by atoms with Crippen LogP contribution in [0.5, 0.6) is 0 Å². The van der Waals surface area contributed by atoms with Crippen molar-refractivity contribution in [1.29, 1.82) is 0 Å². The van der Waals surface area contributed by atoms with E-state index in [0.717, 1.165) is 25.9 Å². The first-order valence-corrected chi connectivity index (χ1v) is 5.94. The Balaban J connectivity index is 2.60. The molecule has 0 fully saturated rings. The van der Waals surface area contributed by atoms with Crippen molar-refractivity contribution in [3.8, 4) is 0 Å². The van der Waals surface area contributed by atoms with Crippen molar-refractivity contribution in [3.05, 3.63) is 17.0 Å². The molecule has 15 heavy (non-hydrogen) atoms. The van der Waals surface area contributed by atoms with Gasteiger partial charge in [-0.3, -0.25) is 5.10 Å². The average molecular weight is 209 g/mol. The minimum Gasteiger partial charge on any atom is -0.312 e. The summed E-state index contributed by atoms with van der Waals surface area (Å²) < 4.78 is 0. The first-order valence-electron chi connectivity index (χ1n) is 5.94. The van der Waals surface area contributed by atoms with Gasteiger partial charge in [0.15, 0.2) is 0 Å². The van der Waals surface area contributed by atoms with Gasteiger partial charge in [0, 0.05) is 17.8 Å². The lowest BCUT2D eigenvalue weighted by Crippen LogP contribution is -2.20. The molecule has 2 N–H and O–H groups in total. The molecule has 0 amide bonds. The van der Waals surface area contributed by atoms with Crippen LogP contribution in [0.1, 0.15) is 44.6 Å². The summed E-state index contributed by atoms with van der Waals surface area (Å²) in [5, 5.41) is 10.9. The Hall–Kier alpha value is -0.830. The number of H-pyrrole nitrogens is 1. The molecule has 0 bridgehead atoms. The van der Waals surface area contributed by atoms with Crippen LogP contribution in [-0.4, -0.2) is 16.7 Å². The zero-order chi connectivity index (χ0) is 11.3. The maximum atomic E-state index is 4.34. The van der Waals surface area contributed by atoms with Gasteiger partial charge in [-0.1, -0.05) is 27.7 Å². The van der Waals surface area contributed by atoms with E-state index in [0.29, 0.717) is 5.92 Å². The highest BCUT2D eigenvalue weighted by Crippen LogP contribution is 2.12. The maximum Gasteiger partial charge on any atom is 0.0667 e. The molecule has 0 radical (unpaired) electrons. The van der Waals surface area contributed by atoms with Crippen LogP contribution in [0.3, 0.4) is 0 Å². The van der Waals surface area contributed by atoms with E-state index >= 15 is 0 Å². The second-order valence-electron chi connectivity index (χ2n) is 4.36. The molecule has 3 nitrogen and oxygen atoms in total. The predicted molar refractivity (Wildman–Crippen MR) is 63.9 cm³/mol. The Morgan fingerprint density at radius 2 is 2.00 bits per heavy atom. The molecule has 0 aliphatic rings. The van der Waals surface area contributed by atoms with E-state index in [9.17, 15) is 0 Å². The lowest BCUT2D eigenvalue weighted by atomic mass is 10.1. The lowest BCUT2D eigenvalue weighted by Gasteiger charge is -2.08. The first kappa shape index (κ1) is 12.2. The van der Waals surface area contributed by atoms with E-state index < -0.39 is 0 Å². The Bertz CT molecular complexity index is 268. The average Bonchev–Trinajstić information content (AvgIpc) is 2.59. The van der Waals surface area contributed by atoms with Crippen molar-refractivity contribution < 1.29 is 0 Å². The summed E-state index contributed by atoms with van der Waals surface area (Å²) in [6, 6.07) is 0. The van der Waals surface area contributed by atoms with Crippen LogP contribution in [0.25, 0.3) is 0 Å². The van der Waals surface area contributed by atoms with E-state index in [2.05, 4.69) is 43.2 Å². The van der Waals surface area contributed by atoms with Gasteiger partial charge in [-0.2, -0.15) is 5.10 Å². The number of nitrogens with one attached hydrogen (secondary N) is 2. The van der Waals surface area contributed by atoms with Gasteiger partial charge in [-0.05, 0) is 25.3 Å². The van der Waals surface area contributed by atoms with Crippen LogP contribution >= 0.6 is 0 Å². The molecule has 0 aliphatic heterocycles. The van der Waals surface area contributed by atoms with Crippen LogP contribution in [0.15, 0.2) is 0 Å². The highest BCUT2D eigenvalue weighted by atomic mass is 15.1. The zero-order valence-corrected chi connectivity index (χ0v) is 10.4. The summed E-state index contributed by atoms with van der Waals surface area (Å²) in [4.78, 5) is 0. The normalized spacial score (nSPS) is 11.3. The van der Waals surface area contributed by atoms with E-state index in [1.165, 1.54) is 17.0 Å². The molecule has 0 aliphatic carbocycles. The number of aryl methyl sites for hydroxylation is 2. The third-order valence-electron chi connectivity index (χ3n) is 2.58. The van der Waals surface area contributed by atoms with E-state index in [1.807, 2.05) is 0 Å². The first-order chi connectivity index (χ1) is 7.19. The Labute approximate surface area is 92.7 Å². The fraction of sp³-hybridized carbons (Fsp3) is 0.750. The van der Waals surface area contributed by atoms with Gasteiger partial charge in [-0.25, -0.2) is 0 Å². The van der Waals surface area contributed by atoms with E-state index in [-0.39, 0.29) is 0 Å². The summed E-state index contributed by atoms with van der Waals surface area (Å²) in [7, 11) is 0. The Morgan fingerprint density at radius 1 is 1.27 bits per heavy atom. The van der Waals surface area contributed by atoms with E-state index in [4.69, 9.17) is 0 Å². The monoisotopic (exact) mass is 209 g/mol. The molecule has 0 unspecified atom stereocenters. The second kappa shape index (κ2) is 5.91. The highest BCUT2D eigenvalue weighted by Gasteiger charge is 2.09. The molecule has 0 aromatic carbocycles. The van der Waals surface area contributed by atoms with Crippen molar-refractivity contribution in [2.45, 2.75) is 47.1 Å². The van der Waals surface area contributed by atoms with Crippen molar-refractivity contribution in [2.24, 2.45) is 5.92 Å². The van der Waals surface area contributed by atoms with E-state index in [1.54, 1.807) is 0 Å². The summed E-state index contributed by atoms with van der Waals surface area (Å²) in [6.07, 6.45) is 2.04. The fourth-order valence-electron chi connectivity index (χ4n) is 1.72. The smallest absolute Gasteiger partial charge is 0.0667 e. The van der Waals surface area contributed by atoms with Gasteiger partial charge in [-0.15, -0.1) is 0 Å². The van der Waals surface area contributed by atoms with Crippen molar-refractivity contribution in [1.82, 2.24) is 15.5 Å². The summed E-state index contributed by atoms with van der Waals surface area (Å²) in [5.74, 6) is 0.701. The Morgan fingerprint density at radius 3 is 2.53 bits per heavy atom. The summed E-state index contributed by atoms with van der Waals surface area (Å²) in [6.45, 7) is 10.8. The quantitative estimate of drug-likeness (QED) is 0.754. The molecule has 0 saturated carbocycles. The second-order valence-corrected chi connectivity index (χ2v) is 4.36. The van der Waals surface area contributed by atoms with Gasteiger partial charge >= 0.3 is 0 Å². The number of nitrogens with zero attached hydrogens (tertiary/aromatic N) is 1. The van der Waals surface area contributed by atoms with Crippen LogP contribution in [-0.2, 0) is 19.4 Å². The number of aromatic nitrogens is 2. The molecule has 0 spiro atoms. The highest BCUT2D eigenvalue weighted by molar-refractivity contribution is 5.25. The zero-order valence-electron chi connectivity index (χ0n) is 10.4. The largest absolute Gasteiger partial charge is 0.312 e. The van der Waals surface area contributed by atoms with Gasteiger partial charge in [0.25, 0.3) is 0 Å². The summed E-state index contributed by atoms with van der Waals surface area (Å²) in [5.41, 5.74) is 3.87. The molecule has 1 heterocycles. The maximum absolute atomic E-state index is 4.34. The van der Waals surface area contributed by atoms with Gasteiger partial charge < -0.3 is 5.32 Å². The van der Waals surface area contributed by atoms with Crippen molar-refractivity contribution in [3.63, 3.8) is 0 Å². The molecule has 1 rings (SSSR count). The van der Waals surface area contributed by atoms with Crippen molar-refractivity contribution >= 4 is 0 Å². The van der Waals surface area contributed by atoms with Gasteiger partial charge in [0.2, 0.25) is 0 Å². The number of rotatable bonds is 6. The lowest BCUT2D eigenvalue weighted by molar-refractivity contribution is 0.550. The predicted octanol–water partition coefficient (Wildman–Crippen LogP) is 2.28. The van der Waals surface area contributed by atoms with Crippen molar-refractivity contribution in [2.75, 3.05) is 6.54 Å². The standard InChI is InChI=1S/C12H23N3/c1-5-11-10(8-13-7-9(3)4)12(6-2)15-14-11/h9,13H,5-8H2,1-4H3,(H,14,15). The molecule has 3 heteroatoms. The minimum absolute atomic E-state index is 0.701. The fourth-order valence-corrected chi connectivity index (χ4v) is 1.72. The minimum atomic E-state index is 0.701. The van der Waals surface area contributed by atoms with Gasteiger partial charge in [0.1, 0.15) is 0 Å². The molecule has 1 aromatic heterocycles. The van der Waals surface area contributed by atoms with Crippen LogP contribution in [0.4, 0.5) is 0 Å². The molecular formula is C12H23N3. The van der Waals surface area contributed by atoms with Gasteiger partial charge in [0.05, 0.1) is 5.69 Å². The Kier molecular flexibility index (Phi) is 4.82. The third-order valence-corrected chi connectivity index (χ3v) is 2.58. The molecular weight excluding hydrogens is 186 g/mol. The number of hydrogen-bond donors (Lipinski definition) is 2. The molecule has 0 atom stereocenters. The number of hydrogen-bond acceptors (Lipinski definition) is 2. The topological polar surface area (TPSA) is 40.7 Å².